The van der Waals surface area contributed by atoms with Gasteiger partial charge in [-0.2, -0.15) is 0 Å². The highest BCUT2D eigenvalue weighted by Crippen LogP contribution is 2.16. The Bertz CT molecular complexity index is 185. The predicted octanol–water partition coefficient (Wildman–Crippen LogP) is 2.12. The fourth-order valence-corrected chi connectivity index (χ4v) is 2.51. The number of ether oxygens (including phenoxy) is 1. The number of hydrogen-bond donors (Lipinski definition) is 1. The third-order valence-electron chi connectivity index (χ3n) is 3.49. The molecule has 1 fully saturated rings. The molecule has 0 radical (unpaired) electrons. The molecule has 0 aromatic rings. The van der Waals surface area contributed by atoms with E-state index in [-0.39, 0.29) is 0 Å². The molecule has 102 valence electrons. The summed E-state index contributed by atoms with van der Waals surface area (Å²) < 4.78 is 5.09. The molecule has 0 amide bonds. The highest BCUT2D eigenvalue weighted by molar-refractivity contribution is 4.75. The van der Waals surface area contributed by atoms with E-state index in [4.69, 9.17) is 4.74 Å². The van der Waals surface area contributed by atoms with Crippen molar-refractivity contribution in [2.24, 2.45) is 5.92 Å². The van der Waals surface area contributed by atoms with Crippen LogP contribution in [-0.4, -0.2) is 50.8 Å². The van der Waals surface area contributed by atoms with Crippen LogP contribution in [0.25, 0.3) is 0 Å². The largest absolute Gasteiger partial charge is 0.385 e. The van der Waals surface area contributed by atoms with Crippen LogP contribution < -0.4 is 5.32 Å². The number of rotatable bonds is 8. The summed E-state index contributed by atoms with van der Waals surface area (Å²) in [6.07, 6.45) is 5.24. The summed E-state index contributed by atoms with van der Waals surface area (Å²) in [5, 5.41) is 3.57. The Morgan fingerprint density at radius 1 is 1.35 bits per heavy atom. The number of unbranched alkanes of at least 4 members (excludes halogenated alkanes) is 1. The molecular weight excluding hydrogens is 212 g/mol. The van der Waals surface area contributed by atoms with Crippen molar-refractivity contribution in [3.8, 4) is 0 Å². The molecule has 1 unspecified atom stereocenters. The molecule has 1 aliphatic heterocycles. The van der Waals surface area contributed by atoms with E-state index in [1.807, 2.05) is 0 Å². The third-order valence-corrected chi connectivity index (χ3v) is 3.49. The minimum atomic E-state index is 0.618. The molecule has 1 aliphatic rings. The summed E-state index contributed by atoms with van der Waals surface area (Å²) in [5.41, 5.74) is 0. The predicted molar refractivity (Wildman–Crippen MR) is 73.4 cm³/mol. The van der Waals surface area contributed by atoms with E-state index >= 15 is 0 Å². The first-order valence-corrected chi connectivity index (χ1v) is 7.17. The van der Waals surface area contributed by atoms with E-state index < -0.39 is 0 Å². The van der Waals surface area contributed by atoms with Crippen LogP contribution in [0.1, 0.15) is 39.5 Å². The average Bonchev–Trinajstić information content (AvgIpc) is 2.33. The summed E-state index contributed by atoms with van der Waals surface area (Å²) in [5.74, 6) is 0.855. The number of methoxy groups -OCH3 is 1. The molecule has 3 nitrogen and oxygen atoms in total. The molecule has 1 saturated heterocycles. The Hall–Kier alpha value is -0.120. The number of piperidine rings is 1. The number of hydrogen-bond acceptors (Lipinski definition) is 3. The van der Waals surface area contributed by atoms with Gasteiger partial charge in [0.15, 0.2) is 0 Å². The Labute approximate surface area is 107 Å². The zero-order chi connectivity index (χ0) is 12.5. The fraction of sp³-hybridized carbons (Fsp3) is 1.00. The van der Waals surface area contributed by atoms with Gasteiger partial charge in [-0.05, 0) is 51.2 Å². The minimum absolute atomic E-state index is 0.618. The number of likely N-dealkylation sites (tertiary alicyclic amines) is 1. The van der Waals surface area contributed by atoms with Gasteiger partial charge in [0, 0.05) is 26.3 Å². The lowest BCUT2D eigenvalue weighted by atomic mass is 9.97. The zero-order valence-corrected chi connectivity index (χ0v) is 11.9. The van der Waals surface area contributed by atoms with E-state index in [1.165, 1.54) is 51.9 Å². The highest BCUT2D eigenvalue weighted by atomic mass is 16.5. The normalized spacial score (nSPS) is 22.2. The van der Waals surface area contributed by atoms with Crippen LogP contribution in [0, 0.1) is 5.92 Å². The molecule has 17 heavy (non-hydrogen) atoms. The summed E-state index contributed by atoms with van der Waals surface area (Å²) >= 11 is 0. The lowest BCUT2D eigenvalue weighted by molar-refractivity contribution is 0.154. The van der Waals surface area contributed by atoms with E-state index in [0.717, 1.165) is 12.5 Å². The van der Waals surface area contributed by atoms with Crippen LogP contribution in [0.4, 0.5) is 0 Å². The minimum Gasteiger partial charge on any atom is -0.385 e. The van der Waals surface area contributed by atoms with Gasteiger partial charge in [0.2, 0.25) is 0 Å². The van der Waals surface area contributed by atoms with Gasteiger partial charge in [0.25, 0.3) is 0 Å². The lowest BCUT2D eigenvalue weighted by Crippen LogP contribution is -2.41. The average molecular weight is 242 g/mol. The van der Waals surface area contributed by atoms with Crippen molar-refractivity contribution in [1.29, 1.82) is 0 Å². The van der Waals surface area contributed by atoms with Crippen molar-refractivity contribution in [3.05, 3.63) is 0 Å². The van der Waals surface area contributed by atoms with Crippen molar-refractivity contribution in [3.63, 3.8) is 0 Å². The standard InChI is InChI=1S/C14H30N2O/c1-13(2)15-11-14-7-6-9-16(12-14)8-4-5-10-17-3/h13-15H,4-12H2,1-3H3. The van der Waals surface area contributed by atoms with Crippen molar-refractivity contribution < 1.29 is 4.74 Å². The third kappa shape index (κ3) is 7.02. The molecule has 0 spiro atoms. The molecule has 0 aromatic heterocycles. The Kier molecular flexibility index (Phi) is 7.82. The number of nitrogens with zero attached hydrogens (tertiary/aromatic N) is 1. The van der Waals surface area contributed by atoms with Crippen LogP contribution in [0.2, 0.25) is 0 Å². The lowest BCUT2D eigenvalue weighted by Gasteiger charge is -2.33. The summed E-state index contributed by atoms with van der Waals surface area (Å²) in [6.45, 7) is 10.4. The van der Waals surface area contributed by atoms with E-state index in [1.54, 1.807) is 7.11 Å². The Morgan fingerprint density at radius 3 is 2.88 bits per heavy atom. The zero-order valence-electron chi connectivity index (χ0n) is 11.9. The molecule has 1 atom stereocenters. The Morgan fingerprint density at radius 2 is 2.18 bits per heavy atom. The topological polar surface area (TPSA) is 24.5 Å². The van der Waals surface area contributed by atoms with Gasteiger partial charge in [0.05, 0.1) is 0 Å². The van der Waals surface area contributed by atoms with Crippen LogP contribution >= 0.6 is 0 Å². The molecule has 3 heteroatoms. The highest BCUT2D eigenvalue weighted by Gasteiger charge is 2.19. The maximum absolute atomic E-state index is 5.09. The SMILES string of the molecule is COCCCCN1CCCC(CNC(C)C)C1. The first kappa shape index (κ1) is 14.9. The second-order valence-electron chi connectivity index (χ2n) is 5.57. The van der Waals surface area contributed by atoms with Gasteiger partial charge < -0.3 is 15.0 Å². The molecule has 0 saturated carbocycles. The molecule has 1 heterocycles. The molecule has 0 bridgehead atoms. The molecule has 1 rings (SSSR count). The first-order chi connectivity index (χ1) is 8.22. The van der Waals surface area contributed by atoms with E-state index in [0.29, 0.717) is 6.04 Å². The van der Waals surface area contributed by atoms with Crippen molar-refractivity contribution >= 4 is 0 Å². The maximum Gasteiger partial charge on any atom is 0.0462 e. The summed E-state index contributed by atoms with van der Waals surface area (Å²) in [4.78, 5) is 2.63. The van der Waals surface area contributed by atoms with Crippen LogP contribution in [0.3, 0.4) is 0 Å². The van der Waals surface area contributed by atoms with Crippen molar-refractivity contribution in [2.45, 2.75) is 45.6 Å². The van der Waals surface area contributed by atoms with Crippen LogP contribution in [-0.2, 0) is 4.74 Å². The van der Waals surface area contributed by atoms with E-state index in [2.05, 4.69) is 24.1 Å². The molecule has 0 aromatic carbocycles. The maximum atomic E-state index is 5.09. The fourth-order valence-electron chi connectivity index (χ4n) is 2.51. The Balaban J connectivity index is 2.10. The van der Waals surface area contributed by atoms with Crippen LogP contribution in [0.5, 0.6) is 0 Å². The molecule has 0 aliphatic carbocycles. The second kappa shape index (κ2) is 8.90. The second-order valence-corrected chi connectivity index (χ2v) is 5.57. The quantitative estimate of drug-likeness (QED) is 0.660. The van der Waals surface area contributed by atoms with Gasteiger partial charge in [-0.15, -0.1) is 0 Å². The van der Waals surface area contributed by atoms with Gasteiger partial charge in [-0.3, -0.25) is 0 Å². The van der Waals surface area contributed by atoms with Gasteiger partial charge in [0.1, 0.15) is 0 Å². The monoisotopic (exact) mass is 242 g/mol. The van der Waals surface area contributed by atoms with Crippen molar-refractivity contribution in [1.82, 2.24) is 10.2 Å². The van der Waals surface area contributed by atoms with Gasteiger partial charge in [-0.1, -0.05) is 13.8 Å². The van der Waals surface area contributed by atoms with E-state index in [9.17, 15) is 0 Å². The summed E-state index contributed by atoms with van der Waals surface area (Å²) in [7, 11) is 1.79. The smallest absolute Gasteiger partial charge is 0.0462 e. The summed E-state index contributed by atoms with van der Waals surface area (Å²) in [6, 6.07) is 0.618. The van der Waals surface area contributed by atoms with Crippen LogP contribution in [0.15, 0.2) is 0 Å². The molecular formula is C14H30N2O. The van der Waals surface area contributed by atoms with Gasteiger partial charge in [-0.25, -0.2) is 0 Å². The molecule has 1 N–H and O–H groups in total. The van der Waals surface area contributed by atoms with Gasteiger partial charge >= 0.3 is 0 Å². The number of nitrogens with one attached hydrogen (secondary N) is 1. The van der Waals surface area contributed by atoms with Crippen molar-refractivity contribution in [2.75, 3.05) is 39.9 Å². The first-order valence-electron chi connectivity index (χ1n) is 7.17.